The van der Waals surface area contributed by atoms with Crippen LogP contribution in [0.4, 0.5) is 9.59 Å². The molecule has 0 bridgehead atoms. The number of imidazole rings is 2. The second-order valence-electron chi connectivity index (χ2n) is 11.4. The average Bonchev–Trinajstić information content (AvgIpc) is 3.77. The van der Waals surface area contributed by atoms with E-state index in [4.69, 9.17) is 0 Å². The fourth-order valence-electron chi connectivity index (χ4n) is 4.21. The van der Waals surface area contributed by atoms with Gasteiger partial charge in [0.05, 0.1) is 49.7 Å². The van der Waals surface area contributed by atoms with E-state index in [2.05, 4.69) is 83.7 Å². The molecule has 2 atom stereocenters. The molecule has 4 aromatic rings. The van der Waals surface area contributed by atoms with E-state index >= 15 is 0 Å². The van der Waals surface area contributed by atoms with Crippen molar-refractivity contribution < 1.29 is 28.7 Å². The number of H-pyrrole nitrogens is 2. The highest BCUT2D eigenvalue weighted by atomic mass is 16.5. The van der Waals surface area contributed by atoms with Gasteiger partial charge in [-0.1, -0.05) is 65.0 Å². The quantitative estimate of drug-likeness (QED) is 0.135. The maximum Gasteiger partial charge on any atom is 0.407 e. The van der Waals surface area contributed by atoms with E-state index in [0.29, 0.717) is 5.82 Å². The maximum atomic E-state index is 12.7. The molecule has 0 aliphatic heterocycles. The maximum absolute atomic E-state index is 12.7. The molecule has 7 N–H and O–H groups in total. The Morgan fingerprint density at radius 1 is 0.880 bits per heavy atom. The molecule has 2 aromatic carbocycles. The normalized spacial score (nSPS) is 11.3. The van der Waals surface area contributed by atoms with Crippen LogP contribution in [0.5, 0.6) is 0 Å². The summed E-state index contributed by atoms with van der Waals surface area (Å²) in [6.45, 7) is 11.7. The average molecular weight is 689 g/mol. The van der Waals surface area contributed by atoms with Crippen molar-refractivity contribution in [3.63, 3.8) is 0 Å². The van der Waals surface area contributed by atoms with Crippen molar-refractivity contribution in [2.24, 2.45) is 11.7 Å². The Balaban J connectivity index is 0.000000621. The monoisotopic (exact) mass is 688 g/mol. The Hall–Kier alpha value is -5.84. The van der Waals surface area contributed by atoms with Crippen molar-refractivity contribution in [1.29, 1.82) is 0 Å². The van der Waals surface area contributed by atoms with Gasteiger partial charge >= 0.3 is 12.2 Å². The van der Waals surface area contributed by atoms with Crippen LogP contribution in [0.1, 0.15) is 76.8 Å². The van der Waals surface area contributed by atoms with E-state index in [1.165, 1.54) is 20.6 Å². The van der Waals surface area contributed by atoms with Gasteiger partial charge in [-0.25, -0.2) is 19.6 Å². The fraction of sp³-hybridized carbons (Fsp3) is 0.389. The molecule has 0 saturated heterocycles. The summed E-state index contributed by atoms with van der Waals surface area (Å²) in [7, 11) is 2.47. The predicted octanol–water partition coefficient (Wildman–Crippen LogP) is 4.72. The van der Waals surface area contributed by atoms with Crippen molar-refractivity contribution in [2.75, 3.05) is 20.8 Å². The summed E-state index contributed by atoms with van der Waals surface area (Å²) in [5, 5.41) is 7.57. The number of hydrogen-bond donors (Lipinski definition) is 6. The summed E-state index contributed by atoms with van der Waals surface area (Å²) in [6, 6.07) is 12.8. The third-order valence-electron chi connectivity index (χ3n) is 6.78. The van der Waals surface area contributed by atoms with Crippen molar-refractivity contribution in [2.45, 2.75) is 66.5 Å². The Morgan fingerprint density at radius 2 is 1.50 bits per heavy atom. The Bertz CT molecular complexity index is 1770. The lowest BCUT2D eigenvalue weighted by atomic mass is 10.0. The van der Waals surface area contributed by atoms with E-state index in [1.807, 2.05) is 63.2 Å². The minimum absolute atomic E-state index is 0.114. The van der Waals surface area contributed by atoms with E-state index < -0.39 is 24.1 Å². The summed E-state index contributed by atoms with van der Waals surface area (Å²) in [4.78, 5) is 60.0. The minimum atomic E-state index is -0.719. The molecule has 0 saturated carbocycles. The number of aromatic nitrogens is 4. The zero-order valence-electron chi connectivity index (χ0n) is 29.9. The molecule has 2 aromatic heterocycles. The number of aromatic amines is 2. The number of aryl methyl sites for hydroxylation is 1. The van der Waals surface area contributed by atoms with Crippen LogP contribution >= 0.6 is 0 Å². The summed E-state index contributed by atoms with van der Waals surface area (Å²) in [6.07, 6.45) is 2.54. The molecule has 2 heterocycles. The lowest BCUT2D eigenvalue weighted by Gasteiger charge is -2.22. The molecule has 268 valence electrons. The number of fused-ring (bicyclic) bond motifs is 1. The first-order valence-corrected chi connectivity index (χ1v) is 16.3. The minimum Gasteiger partial charge on any atom is -0.453 e. The lowest BCUT2D eigenvalue weighted by molar-refractivity contribution is -0.124. The van der Waals surface area contributed by atoms with Gasteiger partial charge in [-0.15, -0.1) is 0 Å². The first kappa shape index (κ1) is 40.3. The topological polar surface area (TPSA) is 206 Å². The zero-order chi connectivity index (χ0) is 37.2. The molecule has 0 aliphatic carbocycles. The molecule has 0 aliphatic rings. The molecular formula is C36H48N8O6. The van der Waals surface area contributed by atoms with Crippen molar-refractivity contribution in [3.05, 3.63) is 71.4 Å². The Labute approximate surface area is 292 Å². The van der Waals surface area contributed by atoms with Crippen molar-refractivity contribution in [1.82, 2.24) is 35.9 Å². The van der Waals surface area contributed by atoms with Crippen LogP contribution in [0, 0.1) is 17.8 Å². The third kappa shape index (κ3) is 13.0. The van der Waals surface area contributed by atoms with Crippen molar-refractivity contribution >= 4 is 35.0 Å². The number of ether oxygens (including phenoxy) is 2. The van der Waals surface area contributed by atoms with Gasteiger partial charge in [-0.05, 0) is 48.7 Å². The van der Waals surface area contributed by atoms with Gasteiger partial charge in [0.2, 0.25) is 11.8 Å². The third-order valence-corrected chi connectivity index (χ3v) is 6.78. The first-order chi connectivity index (χ1) is 23.8. The van der Waals surface area contributed by atoms with E-state index in [-0.39, 0.29) is 24.4 Å². The number of nitrogens with two attached hydrogens (primary N) is 1. The van der Waals surface area contributed by atoms with Gasteiger partial charge in [-0.3, -0.25) is 9.59 Å². The van der Waals surface area contributed by atoms with Gasteiger partial charge in [0, 0.05) is 17.5 Å². The number of primary amides is 1. The standard InChI is InChI=1S/C29H32N6O3.C4H8N2O3.C3H8/c1-6-25-32-22-14-11-20(15-23(22)33-25)8-7-19-9-12-21(13-10-19)24-16-30-27(34-24)18(4)31-28(36)26(17(2)3)35-29(37)38-5;1-9-4(8)6-2-3(5)7;1-3-2/h9-18,26H,6H2,1-5H3,(H,30,34)(H,31,36)(H,32,33)(H,35,37);2H2,1H3,(H2,5,7)(H,6,8);3H2,1-2H3. The second kappa shape index (κ2) is 20.5. The fourth-order valence-corrected chi connectivity index (χ4v) is 4.21. The number of benzene rings is 2. The summed E-state index contributed by atoms with van der Waals surface area (Å²) < 4.78 is 8.77. The molecule has 2 unspecified atom stereocenters. The molecule has 14 heteroatoms. The number of rotatable bonds is 9. The number of hydrogen-bond acceptors (Lipinski definition) is 8. The van der Waals surface area contributed by atoms with Crippen LogP contribution in [0.25, 0.3) is 22.3 Å². The number of carbonyl (C=O) groups excluding carboxylic acids is 4. The van der Waals surface area contributed by atoms with Crippen LogP contribution in [-0.4, -0.2) is 70.7 Å². The van der Waals surface area contributed by atoms with Gasteiger partial charge in [-0.2, -0.15) is 0 Å². The van der Waals surface area contributed by atoms with E-state index in [9.17, 15) is 19.2 Å². The smallest absolute Gasteiger partial charge is 0.407 e. The van der Waals surface area contributed by atoms with Crippen LogP contribution in [0.3, 0.4) is 0 Å². The SMILES string of the molecule is CCC.CCc1nc2ccc(C#Cc3ccc(-c4cnc(C(C)NC(=O)C(NC(=O)OC)C(C)C)[nH]4)cc3)cc2[nH]1.COC(=O)NCC(N)=O. The number of alkyl carbamates (subject to hydrolysis) is 2. The number of nitrogens with zero attached hydrogens (tertiary/aromatic N) is 2. The van der Waals surface area contributed by atoms with Crippen LogP contribution in [-0.2, 0) is 25.5 Å². The highest BCUT2D eigenvalue weighted by Gasteiger charge is 2.26. The molecule has 50 heavy (non-hydrogen) atoms. The van der Waals surface area contributed by atoms with Gasteiger partial charge in [0.15, 0.2) is 0 Å². The van der Waals surface area contributed by atoms with E-state index in [0.717, 1.165) is 45.7 Å². The van der Waals surface area contributed by atoms with Gasteiger partial charge in [0.1, 0.15) is 17.7 Å². The molecule has 0 radical (unpaired) electrons. The Morgan fingerprint density at radius 3 is 2.08 bits per heavy atom. The molecular weight excluding hydrogens is 640 g/mol. The van der Waals surface area contributed by atoms with Crippen LogP contribution in [0.2, 0.25) is 0 Å². The Kier molecular flexibility index (Phi) is 16.5. The van der Waals surface area contributed by atoms with Crippen LogP contribution in [0.15, 0.2) is 48.7 Å². The predicted molar refractivity (Wildman–Crippen MR) is 192 cm³/mol. The molecule has 4 rings (SSSR count). The zero-order valence-corrected chi connectivity index (χ0v) is 29.9. The van der Waals surface area contributed by atoms with Gasteiger partial charge < -0.3 is 41.1 Å². The summed E-state index contributed by atoms with van der Waals surface area (Å²) in [5.74, 6) is 6.99. The molecule has 0 spiro atoms. The number of carbonyl (C=O) groups is 4. The molecule has 4 amide bonds. The largest absolute Gasteiger partial charge is 0.453 e. The lowest BCUT2D eigenvalue weighted by Crippen LogP contribution is -2.50. The number of amides is 4. The van der Waals surface area contributed by atoms with Crippen molar-refractivity contribution in [3.8, 4) is 23.1 Å². The number of nitrogens with one attached hydrogen (secondary N) is 5. The first-order valence-electron chi connectivity index (χ1n) is 16.3. The highest BCUT2D eigenvalue weighted by molar-refractivity contribution is 5.86. The molecule has 0 fully saturated rings. The van der Waals surface area contributed by atoms with E-state index in [1.54, 1.807) is 6.20 Å². The molecule has 14 nitrogen and oxygen atoms in total. The summed E-state index contributed by atoms with van der Waals surface area (Å²) >= 11 is 0. The summed E-state index contributed by atoms with van der Waals surface area (Å²) in [5.41, 5.74) is 10.2. The second-order valence-corrected chi connectivity index (χ2v) is 11.4. The van der Waals surface area contributed by atoms with Crippen LogP contribution < -0.4 is 21.7 Å². The highest BCUT2D eigenvalue weighted by Crippen LogP contribution is 2.20. The number of methoxy groups -OCH3 is 2. The van der Waals surface area contributed by atoms with Gasteiger partial charge in [0.25, 0.3) is 0 Å².